The standard InChI is InChI=1S/C22H22N4O3/c1-13-9-14(2)11-18(10-13)25-20-12-19(23-15(3)24-20)21(27)26-17-7-5-16(6-8-17)22(28)29-4/h5-12H,1-4H3,(H,26,27)(H,23,24,25). The summed E-state index contributed by atoms with van der Waals surface area (Å²) in [6.07, 6.45) is 0. The molecule has 1 aromatic heterocycles. The molecular formula is C22H22N4O3. The lowest BCUT2D eigenvalue weighted by atomic mass is 10.1. The zero-order chi connectivity index (χ0) is 21.0. The molecule has 7 heteroatoms. The molecular weight excluding hydrogens is 368 g/mol. The number of aromatic nitrogens is 2. The maximum Gasteiger partial charge on any atom is 0.337 e. The Morgan fingerprint density at radius 1 is 0.862 bits per heavy atom. The van der Waals surface area contributed by atoms with Crippen LogP contribution in [-0.4, -0.2) is 29.0 Å². The Balaban J connectivity index is 1.78. The van der Waals surface area contributed by atoms with Crippen LogP contribution in [0.2, 0.25) is 0 Å². The maximum atomic E-state index is 12.6. The number of ether oxygens (including phenoxy) is 1. The van der Waals surface area contributed by atoms with Gasteiger partial charge in [0.25, 0.3) is 5.91 Å². The third-order valence-corrected chi connectivity index (χ3v) is 4.13. The third kappa shape index (κ3) is 5.16. The van der Waals surface area contributed by atoms with Gasteiger partial charge in [-0.25, -0.2) is 14.8 Å². The quantitative estimate of drug-likeness (QED) is 0.635. The molecule has 2 aromatic carbocycles. The van der Waals surface area contributed by atoms with Gasteiger partial charge in [-0.1, -0.05) is 6.07 Å². The van der Waals surface area contributed by atoms with Crippen LogP contribution in [0.3, 0.4) is 0 Å². The largest absolute Gasteiger partial charge is 0.465 e. The Morgan fingerprint density at radius 3 is 2.14 bits per heavy atom. The minimum atomic E-state index is -0.434. The summed E-state index contributed by atoms with van der Waals surface area (Å²) >= 11 is 0. The summed E-state index contributed by atoms with van der Waals surface area (Å²) < 4.78 is 4.67. The van der Waals surface area contributed by atoms with Crippen molar-refractivity contribution in [2.24, 2.45) is 0 Å². The molecule has 0 saturated heterocycles. The molecule has 0 aliphatic carbocycles. The molecule has 0 unspecified atom stereocenters. The summed E-state index contributed by atoms with van der Waals surface area (Å²) in [6, 6.07) is 14.1. The first kappa shape index (κ1) is 20.0. The zero-order valence-corrected chi connectivity index (χ0v) is 16.7. The molecule has 2 N–H and O–H groups in total. The lowest BCUT2D eigenvalue weighted by Crippen LogP contribution is -2.15. The van der Waals surface area contributed by atoms with Crippen LogP contribution >= 0.6 is 0 Å². The molecule has 148 valence electrons. The Labute approximate surface area is 169 Å². The number of carbonyl (C=O) groups is 2. The number of nitrogens with one attached hydrogen (secondary N) is 2. The summed E-state index contributed by atoms with van der Waals surface area (Å²) in [5, 5.41) is 6.00. The summed E-state index contributed by atoms with van der Waals surface area (Å²) in [7, 11) is 1.32. The molecule has 0 spiro atoms. The van der Waals surface area contributed by atoms with Gasteiger partial charge < -0.3 is 15.4 Å². The van der Waals surface area contributed by atoms with Gasteiger partial charge in [0.1, 0.15) is 17.3 Å². The number of hydrogen-bond donors (Lipinski definition) is 2. The molecule has 0 bridgehead atoms. The van der Waals surface area contributed by atoms with Crippen molar-refractivity contribution < 1.29 is 14.3 Å². The molecule has 29 heavy (non-hydrogen) atoms. The predicted octanol–water partition coefficient (Wildman–Crippen LogP) is 4.18. The zero-order valence-electron chi connectivity index (χ0n) is 16.7. The first-order valence-electron chi connectivity index (χ1n) is 9.05. The number of anilines is 3. The number of rotatable bonds is 5. The van der Waals surface area contributed by atoms with E-state index in [-0.39, 0.29) is 11.6 Å². The van der Waals surface area contributed by atoms with E-state index in [9.17, 15) is 9.59 Å². The molecule has 0 atom stereocenters. The van der Waals surface area contributed by atoms with E-state index in [1.807, 2.05) is 26.0 Å². The van der Waals surface area contributed by atoms with Crippen LogP contribution in [0.4, 0.5) is 17.2 Å². The van der Waals surface area contributed by atoms with E-state index in [0.717, 1.165) is 16.8 Å². The molecule has 0 radical (unpaired) electrons. The van der Waals surface area contributed by atoms with Crippen molar-refractivity contribution in [3.05, 3.63) is 76.7 Å². The number of hydrogen-bond acceptors (Lipinski definition) is 6. The van der Waals surface area contributed by atoms with Crippen LogP contribution in [0.1, 0.15) is 37.8 Å². The lowest BCUT2D eigenvalue weighted by Gasteiger charge is -2.11. The lowest BCUT2D eigenvalue weighted by molar-refractivity contribution is 0.0600. The van der Waals surface area contributed by atoms with E-state index in [2.05, 4.69) is 31.4 Å². The first-order chi connectivity index (χ1) is 13.8. The number of amides is 1. The van der Waals surface area contributed by atoms with Gasteiger partial charge >= 0.3 is 5.97 Å². The van der Waals surface area contributed by atoms with Crippen molar-refractivity contribution in [3.63, 3.8) is 0 Å². The summed E-state index contributed by atoms with van der Waals surface area (Å²) in [5.41, 5.74) is 4.34. The number of aryl methyl sites for hydroxylation is 3. The highest BCUT2D eigenvalue weighted by Crippen LogP contribution is 2.19. The molecule has 0 saturated carbocycles. The predicted molar refractivity (Wildman–Crippen MR) is 112 cm³/mol. The van der Waals surface area contributed by atoms with E-state index in [4.69, 9.17) is 0 Å². The van der Waals surface area contributed by atoms with Crippen molar-refractivity contribution in [1.82, 2.24) is 9.97 Å². The molecule has 3 rings (SSSR count). The Kier molecular flexibility index (Phi) is 5.87. The summed E-state index contributed by atoms with van der Waals surface area (Å²) in [4.78, 5) is 32.7. The van der Waals surface area contributed by atoms with Crippen LogP contribution in [-0.2, 0) is 4.74 Å². The summed E-state index contributed by atoms with van der Waals surface area (Å²) in [6.45, 7) is 5.77. The smallest absolute Gasteiger partial charge is 0.337 e. The first-order valence-corrected chi connectivity index (χ1v) is 9.05. The number of carbonyl (C=O) groups excluding carboxylic acids is 2. The maximum absolute atomic E-state index is 12.6. The van der Waals surface area contributed by atoms with Crippen molar-refractivity contribution in [3.8, 4) is 0 Å². The van der Waals surface area contributed by atoms with Crippen LogP contribution in [0.15, 0.2) is 48.5 Å². The minimum absolute atomic E-state index is 0.237. The number of methoxy groups -OCH3 is 1. The van der Waals surface area contributed by atoms with Gasteiger partial charge in [-0.15, -0.1) is 0 Å². The molecule has 1 heterocycles. The molecule has 0 aliphatic rings. The number of esters is 1. The molecule has 7 nitrogen and oxygen atoms in total. The van der Waals surface area contributed by atoms with Gasteiger partial charge in [0.05, 0.1) is 12.7 Å². The highest BCUT2D eigenvalue weighted by molar-refractivity contribution is 6.03. The number of nitrogens with zero attached hydrogens (tertiary/aromatic N) is 2. The van der Waals surface area contributed by atoms with E-state index in [1.54, 1.807) is 37.3 Å². The molecule has 1 amide bonds. The second-order valence-corrected chi connectivity index (χ2v) is 6.71. The van der Waals surface area contributed by atoms with E-state index in [1.165, 1.54) is 7.11 Å². The van der Waals surface area contributed by atoms with Crippen molar-refractivity contribution in [2.75, 3.05) is 17.7 Å². The molecule has 3 aromatic rings. The second kappa shape index (κ2) is 8.52. The van der Waals surface area contributed by atoms with Crippen LogP contribution in [0.5, 0.6) is 0 Å². The molecule has 0 fully saturated rings. The third-order valence-electron chi connectivity index (χ3n) is 4.13. The van der Waals surface area contributed by atoms with E-state index >= 15 is 0 Å². The molecule has 0 aliphatic heterocycles. The van der Waals surface area contributed by atoms with Crippen molar-refractivity contribution >= 4 is 29.1 Å². The van der Waals surface area contributed by atoms with Crippen LogP contribution in [0.25, 0.3) is 0 Å². The van der Waals surface area contributed by atoms with Crippen molar-refractivity contribution in [1.29, 1.82) is 0 Å². The van der Waals surface area contributed by atoms with E-state index in [0.29, 0.717) is 22.9 Å². The minimum Gasteiger partial charge on any atom is -0.465 e. The fraction of sp³-hybridized carbons (Fsp3) is 0.182. The fourth-order valence-corrected chi connectivity index (χ4v) is 2.95. The van der Waals surface area contributed by atoms with Gasteiger partial charge in [0.2, 0.25) is 0 Å². The van der Waals surface area contributed by atoms with Gasteiger partial charge in [-0.3, -0.25) is 4.79 Å². The highest BCUT2D eigenvalue weighted by atomic mass is 16.5. The SMILES string of the molecule is COC(=O)c1ccc(NC(=O)c2cc(Nc3cc(C)cc(C)c3)nc(C)n2)cc1. The van der Waals surface area contributed by atoms with Crippen LogP contribution < -0.4 is 10.6 Å². The topological polar surface area (TPSA) is 93.2 Å². The normalized spacial score (nSPS) is 10.3. The van der Waals surface area contributed by atoms with Gasteiger partial charge in [0, 0.05) is 17.4 Å². The Morgan fingerprint density at radius 2 is 1.52 bits per heavy atom. The fourth-order valence-electron chi connectivity index (χ4n) is 2.95. The van der Waals surface area contributed by atoms with Gasteiger partial charge in [0.15, 0.2) is 0 Å². The van der Waals surface area contributed by atoms with Gasteiger partial charge in [-0.2, -0.15) is 0 Å². The summed E-state index contributed by atoms with van der Waals surface area (Å²) in [5.74, 6) is 0.209. The van der Waals surface area contributed by atoms with Gasteiger partial charge in [-0.05, 0) is 68.3 Å². The van der Waals surface area contributed by atoms with Crippen molar-refractivity contribution in [2.45, 2.75) is 20.8 Å². The van der Waals surface area contributed by atoms with Crippen LogP contribution in [0, 0.1) is 20.8 Å². The Hall–Kier alpha value is -3.74. The average Bonchev–Trinajstić information content (AvgIpc) is 2.66. The second-order valence-electron chi connectivity index (χ2n) is 6.71. The Bertz CT molecular complexity index is 1040. The highest BCUT2D eigenvalue weighted by Gasteiger charge is 2.12. The average molecular weight is 390 g/mol. The monoisotopic (exact) mass is 390 g/mol. The van der Waals surface area contributed by atoms with E-state index < -0.39 is 5.97 Å². The number of benzene rings is 2.